The third-order valence-electron chi connectivity index (χ3n) is 3.94. The van der Waals surface area contributed by atoms with Gasteiger partial charge in [-0.25, -0.2) is 0 Å². The number of halogens is 3. The van der Waals surface area contributed by atoms with Crippen molar-refractivity contribution in [2.24, 2.45) is 5.73 Å². The molecule has 0 saturated carbocycles. The zero-order chi connectivity index (χ0) is 15.6. The van der Waals surface area contributed by atoms with E-state index in [1.165, 1.54) is 12.1 Å². The van der Waals surface area contributed by atoms with Crippen LogP contribution >= 0.6 is 0 Å². The van der Waals surface area contributed by atoms with Gasteiger partial charge in [-0.2, -0.15) is 13.2 Å². The Bertz CT molecular complexity index is 420. The van der Waals surface area contributed by atoms with Gasteiger partial charge in [-0.05, 0) is 44.6 Å². The Morgan fingerprint density at radius 1 is 1.05 bits per heavy atom. The van der Waals surface area contributed by atoms with Gasteiger partial charge in [-0.1, -0.05) is 26.0 Å². The molecule has 0 aliphatic rings. The average molecular weight is 288 g/mol. The highest BCUT2D eigenvalue weighted by Crippen LogP contribution is 2.32. The van der Waals surface area contributed by atoms with E-state index in [4.69, 9.17) is 5.73 Å². The summed E-state index contributed by atoms with van der Waals surface area (Å²) in [6.07, 6.45) is -4.31. The summed E-state index contributed by atoms with van der Waals surface area (Å²) in [6, 6.07) is 4.78. The van der Waals surface area contributed by atoms with E-state index in [0.717, 1.165) is 30.8 Å². The molecular weight excluding hydrogens is 265 g/mol. The lowest BCUT2D eigenvalue weighted by Gasteiger charge is -2.42. The predicted octanol–water partition coefficient (Wildman–Crippen LogP) is 3.83. The normalized spacial score (nSPS) is 14.7. The van der Waals surface area contributed by atoms with Crippen LogP contribution in [0.5, 0.6) is 0 Å². The van der Waals surface area contributed by atoms with Crippen LogP contribution in [0.3, 0.4) is 0 Å². The van der Waals surface area contributed by atoms with Gasteiger partial charge in [-0.15, -0.1) is 0 Å². The van der Waals surface area contributed by atoms with Crippen LogP contribution in [0.2, 0.25) is 0 Å². The Kier molecular flexibility index (Phi) is 5.21. The summed E-state index contributed by atoms with van der Waals surface area (Å²) in [6.45, 7) is 9.82. The van der Waals surface area contributed by atoms with Crippen LogP contribution in [0.15, 0.2) is 24.3 Å². The van der Waals surface area contributed by atoms with Crippen molar-refractivity contribution in [2.75, 3.05) is 13.1 Å². The van der Waals surface area contributed by atoms with Gasteiger partial charge in [0.15, 0.2) is 0 Å². The summed E-state index contributed by atoms with van der Waals surface area (Å²) in [7, 11) is 0. The quantitative estimate of drug-likeness (QED) is 0.892. The lowest BCUT2D eigenvalue weighted by Crippen LogP contribution is -2.51. The highest BCUT2D eigenvalue weighted by Gasteiger charge is 2.34. The van der Waals surface area contributed by atoms with E-state index in [1.54, 1.807) is 0 Å². The van der Waals surface area contributed by atoms with Crippen LogP contribution in [0.4, 0.5) is 13.2 Å². The molecule has 0 amide bonds. The van der Waals surface area contributed by atoms with Crippen LogP contribution in [0.25, 0.3) is 0 Å². The van der Waals surface area contributed by atoms with Crippen molar-refractivity contribution in [3.05, 3.63) is 35.4 Å². The highest BCUT2D eigenvalue weighted by atomic mass is 19.4. The summed E-state index contributed by atoms with van der Waals surface area (Å²) in [5.41, 5.74) is 6.02. The van der Waals surface area contributed by atoms with E-state index in [9.17, 15) is 13.2 Å². The molecule has 0 saturated heterocycles. The standard InChI is InChI=1S/C15H23F3N2/c1-5-20(6-2)14(3,4)13(19)11-7-9-12(10-8-11)15(16,17)18/h7-10,13H,5-6,19H2,1-4H3. The maximum atomic E-state index is 12.6. The first-order chi connectivity index (χ1) is 9.14. The molecule has 2 nitrogen and oxygen atoms in total. The largest absolute Gasteiger partial charge is 0.416 e. The second kappa shape index (κ2) is 6.14. The molecule has 5 heteroatoms. The topological polar surface area (TPSA) is 29.3 Å². The van der Waals surface area contributed by atoms with Gasteiger partial charge in [-0.3, -0.25) is 4.90 Å². The number of rotatable bonds is 5. The molecule has 1 aromatic carbocycles. The minimum absolute atomic E-state index is 0.316. The van der Waals surface area contributed by atoms with Crippen LogP contribution in [0, 0.1) is 0 Å². The number of nitrogens with zero attached hydrogens (tertiary/aromatic N) is 1. The van der Waals surface area contributed by atoms with Crippen molar-refractivity contribution >= 4 is 0 Å². The number of likely N-dealkylation sites (N-methyl/N-ethyl adjacent to an activating group) is 1. The molecule has 0 radical (unpaired) electrons. The molecule has 0 aromatic heterocycles. The number of alkyl halides is 3. The molecule has 1 unspecified atom stereocenters. The van der Waals surface area contributed by atoms with E-state index < -0.39 is 11.7 Å². The SMILES string of the molecule is CCN(CC)C(C)(C)C(N)c1ccc(C(F)(F)F)cc1. The zero-order valence-electron chi connectivity index (χ0n) is 12.5. The van der Waals surface area contributed by atoms with E-state index in [-0.39, 0.29) is 11.6 Å². The van der Waals surface area contributed by atoms with Crippen molar-refractivity contribution in [1.29, 1.82) is 0 Å². The Morgan fingerprint density at radius 3 is 1.85 bits per heavy atom. The summed E-state index contributed by atoms with van der Waals surface area (Å²) in [5, 5.41) is 0. The summed E-state index contributed by atoms with van der Waals surface area (Å²) < 4.78 is 37.7. The average Bonchev–Trinajstić information content (AvgIpc) is 2.38. The molecule has 0 fully saturated rings. The molecular formula is C15H23F3N2. The van der Waals surface area contributed by atoms with Crippen molar-refractivity contribution in [3.8, 4) is 0 Å². The molecule has 1 aromatic rings. The van der Waals surface area contributed by atoms with Gasteiger partial charge in [0, 0.05) is 11.6 Å². The molecule has 0 heterocycles. The molecule has 0 aliphatic heterocycles. The zero-order valence-corrected chi connectivity index (χ0v) is 12.5. The Labute approximate surface area is 118 Å². The first-order valence-electron chi connectivity index (χ1n) is 6.82. The van der Waals surface area contributed by atoms with E-state index in [2.05, 4.69) is 4.90 Å². The Hall–Kier alpha value is -1.07. The van der Waals surface area contributed by atoms with Gasteiger partial charge in [0.25, 0.3) is 0 Å². The van der Waals surface area contributed by atoms with Gasteiger partial charge in [0.2, 0.25) is 0 Å². The van der Waals surface area contributed by atoms with Gasteiger partial charge < -0.3 is 5.73 Å². The minimum Gasteiger partial charge on any atom is -0.322 e. The fourth-order valence-corrected chi connectivity index (χ4v) is 2.52. The molecule has 0 aliphatic carbocycles. The number of hydrogen-bond donors (Lipinski definition) is 1. The van der Waals surface area contributed by atoms with Crippen molar-refractivity contribution < 1.29 is 13.2 Å². The lowest BCUT2D eigenvalue weighted by molar-refractivity contribution is -0.137. The fourth-order valence-electron chi connectivity index (χ4n) is 2.52. The van der Waals surface area contributed by atoms with Gasteiger partial charge in [0.05, 0.1) is 5.56 Å². The second-order valence-corrected chi connectivity index (χ2v) is 5.42. The number of benzene rings is 1. The van der Waals surface area contributed by atoms with Crippen LogP contribution in [0.1, 0.15) is 44.9 Å². The van der Waals surface area contributed by atoms with Crippen molar-refractivity contribution in [2.45, 2.75) is 45.5 Å². The monoisotopic (exact) mass is 288 g/mol. The van der Waals surface area contributed by atoms with Crippen molar-refractivity contribution in [1.82, 2.24) is 4.90 Å². The Morgan fingerprint density at radius 2 is 1.50 bits per heavy atom. The maximum absolute atomic E-state index is 12.6. The number of hydrogen-bond acceptors (Lipinski definition) is 2. The molecule has 2 N–H and O–H groups in total. The highest BCUT2D eigenvalue weighted by molar-refractivity contribution is 5.28. The molecule has 20 heavy (non-hydrogen) atoms. The Balaban J connectivity index is 3.00. The maximum Gasteiger partial charge on any atom is 0.416 e. The molecule has 0 bridgehead atoms. The molecule has 0 spiro atoms. The third-order valence-corrected chi connectivity index (χ3v) is 3.94. The first kappa shape index (κ1) is 17.0. The third kappa shape index (κ3) is 3.52. The summed E-state index contributed by atoms with van der Waals surface area (Å²) in [4.78, 5) is 2.20. The lowest BCUT2D eigenvalue weighted by atomic mass is 9.87. The first-order valence-corrected chi connectivity index (χ1v) is 6.82. The fraction of sp³-hybridized carbons (Fsp3) is 0.600. The van der Waals surface area contributed by atoms with Gasteiger partial charge >= 0.3 is 6.18 Å². The summed E-state index contributed by atoms with van der Waals surface area (Å²) >= 11 is 0. The molecule has 1 rings (SSSR count). The van der Waals surface area contributed by atoms with E-state index in [0.29, 0.717) is 0 Å². The molecule has 114 valence electrons. The van der Waals surface area contributed by atoms with Crippen LogP contribution in [-0.2, 0) is 6.18 Å². The smallest absolute Gasteiger partial charge is 0.322 e. The van der Waals surface area contributed by atoms with Crippen LogP contribution in [-0.4, -0.2) is 23.5 Å². The number of nitrogens with two attached hydrogens (primary N) is 1. The minimum atomic E-state index is -4.31. The second-order valence-electron chi connectivity index (χ2n) is 5.42. The predicted molar refractivity (Wildman–Crippen MR) is 75.4 cm³/mol. The summed E-state index contributed by atoms with van der Waals surface area (Å²) in [5.74, 6) is 0. The van der Waals surface area contributed by atoms with E-state index in [1.807, 2.05) is 27.7 Å². The van der Waals surface area contributed by atoms with Crippen LogP contribution < -0.4 is 5.73 Å². The van der Waals surface area contributed by atoms with Crippen molar-refractivity contribution in [3.63, 3.8) is 0 Å². The van der Waals surface area contributed by atoms with Gasteiger partial charge in [0.1, 0.15) is 0 Å². The molecule has 1 atom stereocenters. The van der Waals surface area contributed by atoms with E-state index >= 15 is 0 Å².